The van der Waals surface area contributed by atoms with E-state index >= 15 is 0 Å². The molecule has 0 aliphatic heterocycles. The molecule has 0 unspecified atom stereocenters. The molecule has 28 heavy (non-hydrogen) atoms. The summed E-state index contributed by atoms with van der Waals surface area (Å²) in [6.45, 7) is 2.34. The highest BCUT2D eigenvalue weighted by molar-refractivity contribution is 7.98. The first-order chi connectivity index (χ1) is 13.6. The van der Waals surface area contributed by atoms with Crippen LogP contribution in [0.25, 0.3) is 22.2 Å². The lowest BCUT2D eigenvalue weighted by Gasteiger charge is -2.14. The molecule has 0 saturated heterocycles. The smallest absolute Gasteiger partial charge is 0.260 e. The van der Waals surface area contributed by atoms with Crippen molar-refractivity contribution in [1.29, 1.82) is 0 Å². The number of pyridine rings is 2. The second-order valence-electron chi connectivity index (χ2n) is 6.34. The molecule has 0 saturated carbocycles. The van der Waals surface area contributed by atoms with Crippen LogP contribution in [0.4, 0.5) is 0 Å². The van der Waals surface area contributed by atoms with Gasteiger partial charge in [0.1, 0.15) is 5.65 Å². The van der Waals surface area contributed by atoms with E-state index in [1.165, 1.54) is 11.8 Å². The number of hydrogen-bond donors (Lipinski definition) is 0. The Bertz CT molecular complexity index is 1210. The Labute approximate surface area is 171 Å². The minimum Gasteiger partial charge on any atom is -0.288 e. The number of halogens is 1. The molecule has 3 aromatic heterocycles. The van der Waals surface area contributed by atoms with E-state index in [0.29, 0.717) is 27.9 Å². The summed E-state index contributed by atoms with van der Waals surface area (Å²) in [6, 6.07) is 13.0. The summed E-state index contributed by atoms with van der Waals surface area (Å²) >= 11 is 7.47. The first-order valence-corrected chi connectivity index (χ1v) is 10.3. The van der Waals surface area contributed by atoms with Crippen molar-refractivity contribution in [1.82, 2.24) is 19.5 Å². The van der Waals surface area contributed by atoms with Gasteiger partial charge in [0.15, 0.2) is 5.16 Å². The van der Waals surface area contributed by atoms with Gasteiger partial charge in [-0.1, -0.05) is 35.5 Å². The van der Waals surface area contributed by atoms with Crippen LogP contribution < -0.4 is 5.56 Å². The van der Waals surface area contributed by atoms with Crippen LogP contribution in [0, 0.1) is 6.92 Å². The van der Waals surface area contributed by atoms with Gasteiger partial charge in [-0.25, -0.2) is 9.97 Å². The number of rotatable bonds is 4. The Morgan fingerprint density at radius 2 is 1.79 bits per heavy atom. The van der Waals surface area contributed by atoms with E-state index in [2.05, 4.69) is 15.0 Å². The Morgan fingerprint density at radius 1 is 1.07 bits per heavy atom. The maximum absolute atomic E-state index is 13.4. The molecule has 0 fully saturated rings. The number of aromatic nitrogens is 4. The Hall–Kier alpha value is -2.70. The van der Waals surface area contributed by atoms with Crippen LogP contribution in [0.2, 0.25) is 5.02 Å². The SMILES string of the molecule is CSc1nc(C)c2cc(-c3ccncc3)c(=O)n(Cc3ccc(Cl)cc3)c2n1. The number of thioether (sulfide) groups is 1. The van der Waals surface area contributed by atoms with E-state index in [1.807, 2.05) is 55.6 Å². The van der Waals surface area contributed by atoms with Crippen LogP contribution in [0.3, 0.4) is 0 Å². The molecule has 0 spiro atoms. The maximum Gasteiger partial charge on any atom is 0.260 e. The van der Waals surface area contributed by atoms with Crippen molar-refractivity contribution in [2.24, 2.45) is 0 Å². The summed E-state index contributed by atoms with van der Waals surface area (Å²) in [6.07, 6.45) is 5.29. The fourth-order valence-corrected chi connectivity index (χ4v) is 3.64. The Kier molecular flexibility index (Phi) is 5.15. The van der Waals surface area contributed by atoms with E-state index in [4.69, 9.17) is 11.6 Å². The van der Waals surface area contributed by atoms with Crippen LogP contribution in [0.15, 0.2) is 64.8 Å². The zero-order valence-electron chi connectivity index (χ0n) is 15.4. The summed E-state index contributed by atoms with van der Waals surface area (Å²) < 4.78 is 1.71. The highest BCUT2D eigenvalue weighted by atomic mass is 35.5. The largest absolute Gasteiger partial charge is 0.288 e. The van der Waals surface area contributed by atoms with Gasteiger partial charge < -0.3 is 0 Å². The van der Waals surface area contributed by atoms with Crippen LogP contribution in [-0.4, -0.2) is 25.8 Å². The predicted molar refractivity (Wildman–Crippen MR) is 114 cm³/mol. The lowest BCUT2D eigenvalue weighted by molar-refractivity contribution is 0.771. The minimum atomic E-state index is -0.0983. The van der Waals surface area contributed by atoms with Crippen molar-refractivity contribution in [3.63, 3.8) is 0 Å². The van der Waals surface area contributed by atoms with E-state index in [9.17, 15) is 4.79 Å². The molecule has 0 amide bonds. The zero-order chi connectivity index (χ0) is 19.7. The Morgan fingerprint density at radius 3 is 2.46 bits per heavy atom. The molecule has 3 heterocycles. The van der Waals surface area contributed by atoms with Gasteiger partial charge in [0, 0.05) is 28.4 Å². The first kappa shape index (κ1) is 18.7. The molecule has 0 N–H and O–H groups in total. The highest BCUT2D eigenvalue weighted by Crippen LogP contribution is 2.24. The zero-order valence-corrected chi connectivity index (χ0v) is 17.0. The second-order valence-corrected chi connectivity index (χ2v) is 7.55. The van der Waals surface area contributed by atoms with E-state index < -0.39 is 0 Å². The topological polar surface area (TPSA) is 60.7 Å². The lowest BCUT2D eigenvalue weighted by Crippen LogP contribution is -2.24. The average Bonchev–Trinajstić information content (AvgIpc) is 2.72. The van der Waals surface area contributed by atoms with E-state index in [-0.39, 0.29) is 5.56 Å². The van der Waals surface area contributed by atoms with Crippen molar-refractivity contribution in [2.45, 2.75) is 18.6 Å². The van der Waals surface area contributed by atoms with Gasteiger partial charge in [-0.2, -0.15) is 0 Å². The average molecular weight is 409 g/mol. The standard InChI is InChI=1S/C21H17ClN4OS/c1-13-17-11-18(15-7-9-23-10-8-15)20(27)26(19(17)25-21(24-13)28-2)12-14-3-5-16(22)6-4-14/h3-11H,12H2,1-2H3. The fraction of sp³-hybridized carbons (Fsp3) is 0.143. The minimum absolute atomic E-state index is 0.0983. The molecule has 4 rings (SSSR count). The van der Waals surface area contributed by atoms with Crippen molar-refractivity contribution >= 4 is 34.4 Å². The number of nitrogens with zero attached hydrogens (tertiary/aromatic N) is 4. The molecule has 7 heteroatoms. The molecule has 4 aromatic rings. The van der Waals surface area contributed by atoms with Crippen LogP contribution >= 0.6 is 23.4 Å². The highest BCUT2D eigenvalue weighted by Gasteiger charge is 2.16. The molecule has 0 aliphatic carbocycles. The maximum atomic E-state index is 13.4. The van der Waals surface area contributed by atoms with Crippen molar-refractivity contribution in [2.75, 3.05) is 6.26 Å². The van der Waals surface area contributed by atoms with Gasteiger partial charge in [-0.05, 0) is 54.6 Å². The van der Waals surface area contributed by atoms with Gasteiger partial charge in [0.25, 0.3) is 5.56 Å². The number of hydrogen-bond acceptors (Lipinski definition) is 5. The van der Waals surface area contributed by atoms with Crippen molar-refractivity contribution in [3.05, 3.63) is 81.5 Å². The first-order valence-electron chi connectivity index (χ1n) is 8.68. The van der Waals surface area contributed by atoms with E-state index in [0.717, 1.165) is 22.2 Å². The summed E-state index contributed by atoms with van der Waals surface area (Å²) in [5.74, 6) is 0. The monoisotopic (exact) mass is 408 g/mol. The lowest BCUT2D eigenvalue weighted by atomic mass is 10.1. The van der Waals surface area contributed by atoms with E-state index in [1.54, 1.807) is 17.0 Å². The molecule has 5 nitrogen and oxygen atoms in total. The number of benzene rings is 1. The van der Waals surface area contributed by atoms with Crippen LogP contribution in [0.5, 0.6) is 0 Å². The normalized spacial score (nSPS) is 11.1. The quantitative estimate of drug-likeness (QED) is 0.365. The van der Waals surface area contributed by atoms with Crippen molar-refractivity contribution < 1.29 is 0 Å². The van der Waals surface area contributed by atoms with Crippen LogP contribution in [-0.2, 0) is 6.54 Å². The van der Waals surface area contributed by atoms with Gasteiger partial charge in [-0.15, -0.1) is 0 Å². The molecule has 0 aliphatic rings. The third-order valence-electron chi connectivity index (χ3n) is 4.54. The number of fused-ring (bicyclic) bond motifs is 1. The fourth-order valence-electron chi connectivity index (χ4n) is 3.11. The van der Waals surface area contributed by atoms with Gasteiger partial charge in [-0.3, -0.25) is 14.3 Å². The molecule has 0 radical (unpaired) electrons. The van der Waals surface area contributed by atoms with Gasteiger partial charge >= 0.3 is 0 Å². The number of aryl methyl sites for hydroxylation is 1. The summed E-state index contributed by atoms with van der Waals surface area (Å²) in [5, 5.41) is 2.17. The molecule has 1 aromatic carbocycles. The van der Waals surface area contributed by atoms with Gasteiger partial charge in [0.05, 0.1) is 12.2 Å². The second kappa shape index (κ2) is 7.73. The molecular formula is C21H17ClN4OS. The van der Waals surface area contributed by atoms with Gasteiger partial charge in [0.2, 0.25) is 0 Å². The molecular weight excluding hydrogens is 392 g/mol. The molecule has 140 valence electrons. The van der Waals surface area contributed by atoms with Crippen molar-refractivity contribution in [3.8, 4) is 11.1 Å². The molecule has 0 bridgehead atoms. The summed E-state index contributed by atoms with van der Waals surface area (Å²) in [7, 11) is 0. The molecule has 0 atom stereocenters. The summed E-state index contributed by atoms with van der Waals surface area (Å²) in [5.41, 5.74) is 3.78. The predicted octanol–water partition coefficient (Wildman–Crippen LogP) is 4.59. The Balaban J connectivity index is 2.01. The van der Waals surface area contributed by atoms with Crippen LogP contribution in [0.1, 0.15) is 11.3 Å². The third kappa shape index (κ3) is 3.53. The third-order valence-corrected chi connectivity index (χ3v) is 5.34. The summed E-state index contributed by atoms with van der Waals surface area (Å²) in [4.78, 5) is 26.7.